The lowest BCUT2D eigenvalue weighted by Gasteiger charge is -2.35. The van der Waals surface area contributed by atoms with Crippen molar-refractivity contribution in [3.05, 3.63) is 54.4 Å². The number of rotatable bonds is 7. The molecule has 2 fully saturated rings. The first kappa shape index (κ1) is 19.2. The molecule has 156 valence electrons. The van der Waals surface area contributed by atoms with Gasteiger partial charge in [0.25, 0.3) is 0 Å². The van der Waals surface area contributed by atoms with Crippen molar-refractivity contribution in [1.29, 1.82) is 0 Å². The summed E-state index contributed by atoms with van der Waals surface area (Å²) in [5.41, 5.74) is 0. The van der Waals surface area contributed by atoms with Crippen LogP contribution in [0.3, 0.4) is 0 Å². The third kappa shape index (κ3) is 4.21. The van der Waals surface area contributed by atoms with Crippen molar-refractivity contribution in [2.24, 2.45) is 0 Å². The molecule has 0 aromatic carbocycles. The van der Waals surface area contributed by atoms with Crippen LogP contribution in [0.1, 0.15) is 30.3 Å². The third-order valence-electron chi connectivity index (χ3n) is 5.51. The average Bonchev–Trinajstić information content (AvgIpc) is 3.36. The van der Waals surface area contributed by atoms with Crippen LogP contribution in [0.2, 0.25) is 0 Å². The van der Waals surface area contributed by atoms with E-state index in [9.17, 15) is 4.79 Å². The van der Waals surface area contributed by atoms with Gasteiger partial charge in [-0.1, -0.05) is 17.8 Å². The predicted octanol–water partition coefficient (Wildman–Crippen LogP) is 2.63. The van der Waals surface area contributed by atoms with E-state index in [0.717, 1.165) is 48.5 Å². The molecule has 30 heavy (non-hydrogen) atoms. The maximum Gasteiger partial charge on any atom is 0.233 e. The second-order valence-electron chi connectivity index (χ2n) is 7.63. The second-order valence-corrected chi connectivity index (χ2v) is 8.57. The third-order valence-corrected chi connectivity index (χ3v) is 6.46. The van der Waals surface area contributed by atoms with Gasteiger partial charge >= 0.3 is 0 Å². The number of amides is 1. The van der Waals surface area contributed by atoms with Crippen LogP contribution in [0.5, 0.6) is 0 Å². The molecule has 0 N–H and O–H groups in total. The van der Waals surface area contributed by atoms with Crippen molar-refractivity contribution in [3.63, 3.8) is 0 Å². The molecule has 3 aromatic rings. The Balaban J connectivity index is 1.19. The molecule has 0 radical (unpaired) electrons. The van der Waals surface area contributed by atoms with Crippen LogP contribution in [0.4, 0.5) is 5.82 Å². The first-order valence-corrected chi connectivity index (χ1v) is 11.3. The Labute approximate surface area is 179 Å². The number of hydrogen-bond donors (Lipinski definition) is 0. The molecule has 0 unspecified atom stereocenters. The molecule has 2 aliphatic rings. The number of anilines is 1. The Hall–Kier alpha value is -2.81. The van der Waals surface area contributed by atoms with Gasteiger partial charge in [0.1, 0.15) is 17.4 Å². The number of thioether (sulfide) groups is 1. The lowest BCUT2D eigenvalue weighted by atomic mass is 10.3. The van der Waals surface area contributed by atoms with Crippen LogP contribution in [0.25, 0.3) is 0 Å². The van der Waals surface area contributed by atoms with E-state index in [0.29, 0.717) is 31.3 Å². The van der Waals surface area contributed by atoms with Crippen LogP contribution in [0.15, 0.2) is 52.4 Å². The summed E-state index contributed by atoms with van der Waals surface area (Å²) in [6.07, 6.45) is 5.79. The van der Waals surface area contributed by atoms with E-state index in [-0.39, 0.29) is 5.91 Å². The molecule has 3 aromatic heterocycles. The first-order chi connectivity index (χ1) is 14.8. The van der Waals surface area contributed by atoms with Crippen molar-refractivity contribution in [2.75, 3.05) is 36.8 Å². The minimum absolute atomic E-state index is 0.140. The fourth-order valence-corrected chi connectivity index (χ4v) is 4.55. The summed E-state index contributed by atoms with van der Waals surface area (Å²) in [5.74, 6) is 3.83. The Kier molecular flexibility index (Phi) is 5.44. The fourth-order valence-electron chi connectivity index (χ4n) is 3.70. The van der Waals surface area contributed by atoms with Gasteiger partial charge in [-0.25, -0.2) is 4.98 Å². The van der Waals surface area contributed by atoms with E-state index in [4.69, 9.17) is 4.42 Å². The van der Waals surface area contributed by atoms with E-state index >= 15 is 0 Å². The van der Waals surface area contributed by atoms with Gasteiger partial charge in [0.2, 0.25) is 5.91 Å². The highest BCUT2D eigenvalue weighted by Gasteiger charge is 2.31. The molecule has 1 saturated heterocycles. The molecule has 1 aliphatic carbocycles. The highest BCUT2D eigenvalue weighted by Crippen LogP contribution is 2.40. The summed E-state index contributed by atoms with van der Waals surface area (Å²) in [5, 5.41) is 9.56. The zero-order valence-corrected chi connectivity index (χ0v) is 17.5. The highest BCUT2D eigenvalue weighted by atomic mass is 32.2. The monoisotopic (exact) mass is 424 g/mol. The van der Waals surface area contributed by atoms with Gasteiger partial charge in [-0.05, 0) is 37.1 Å². The van der Waals surface area contributed by atoms with Crippen LogP contribution in [-0.4, -0.2) is 62.5 Å². The minimum atomic E-state index is 0.140. The van der Waals surface area contributed by atoms with Crippen molar-refractivity contribution in [3.8, 4) is 0 Å². The number of nitrogens with zero attached hydrogens (tertiary/aromatic N) is 6. The zero-order chi connectivity index (χ0) is 20.3. The van der Waals surface area contributed by atoms with Gasteiger partial charge in [0.15, 0.2) is 5.16 Å². The van der Waals surface area contributed by atoms with E-state index < -0.39 is 0 Å². The quantitative estimate of drug-likeness (QED) is 0.540. The SMILES string of the molecule is O=C(CSc1nnc(C2CC2)n1Cc1ccco1)N1CCN(c2ccccn2)CC1. The molecule has 1 aliphatic heterocycles. The maximum absolute atomic E-state index is 12.8. The number of piperazine rings is 1. The molecule has 0 atom stereocenters. The number of aromatic nitrogens is 4. The Morgan fingerprint density at radius 3 is 2.67 bits per heavy atom. The Bertz CT molecular complexity index is 978. The number of furan rings is 1. The lowest BCUT2D eigenvalue weighted by Crippen LogP contribution is -2.49. The molecule has 8 nitrogen and oxygen atoms in total. The molecule has 1 saturated carbocycles. The number of carbonyl (C=O) groups excluding carboxylic acids is 1. The minimum Gasteiger partial charge on any atom is -0.467 e. The van der Waals surface area contributed by atoms with Gasteiger partial charge in [-0.15, -0.1) is 10.2 Å². The zero-order valence-electron chi connectivity index (χ0n) is 16.7. The molecular weight excluding hydrogens is 400 g/mol. The molecule has 4 heterocycles. The summed E-state index contributed by atoms with van der Waals surface area (Å²) in [4.78, 5) is 21.3. The highest BCUT2D eigenvalue weighted by molar-refractivity contribution is 7.99. The molecule has 0 bridgehead atoms. The Morgan fingerprint density at radius 2 is 1.97 bits per heavy atom. The van der Waals surface area contributed by atoms with Crippen molar-refractivity contribution in [1.82, 2.24) is 24.6 Å². The van der Waals surface area contributed by atoms with Gasteiger partial charge in [-0.3, -0.25) is 9.36 Å². The van der Waals surface area contributed by atoms with Crippen molar-refractivity contribution >= 4 is 23.5 Å². The molecular formula is C21H24N6O2S. The molecule has 9 heteroatoms. The smallest absolute Gasteiger partial charge is 0.233 e. The summed E-state index contributed by atoms with van der Waals surface area (Å²) in [6.45, 7) is 3.62. The van der Waals surface area contributed by atoms with Crippen LogP contribution >= 0.6 is 11.8 Å². The lowest BCUT2D eigenvalue weighted by molar-refractivity contribution is -0.128. The van der Waals surface area contributed by atoms with Gasteiger partial charge in [0.05, 0.1) is 18.6 Å². The first-order valence-electron chi connectivity index (χ1n) is 10.3. The van der Waals surface area contributed by atoms with E-state index in [1.807, 2.05) is 35.2 Å². The van der Waals surface area contributed by atoms with Gasteiger partial charge < -0.3 is 14.2 Å². The van der Waals surface area contributed by atoms with Crippen LogP contribution in [-0.2, 0) is 11.3 Å². The summed E-state index contributed by atoms with van der Waals surface area (Å²) >= 11 is 1.46. The predicted molar refractivity (Wildman–Crippen MR) is 114 cm³/mol. The fraction of sp³-hybridized carbons (Fsp3) is 0.429. The average molecular weight is 425 g/mol. The second kappa shape index (κ2) is 8.51. The van der Waals surface area contributed by atoms with Crippen molar-refractivity contribution in [2.45, 2.75) is 30.5 Å². The van der Waals surface area contributed by atoms with Crippen LogP contribution in [0, 0.1) is 0 Å². The van der Waals surface area contributed by atoms with E-state index in [1.165, 1.54) is 11.8 Å². The van der Waals surface area contributed by atoms with E-state index in [1.54, 1.807) is 12.5 Å². The largest absolute Gasteiger partial charge is 0.467 e. The molecule has 1 amide bonds. The van der Waals surface area contributed by atoms with Gasteiger partial charge in [-0.2, -0.15) is 0 Å². The summed E-state index contributed by atoms with van der Waals surface area (Å²) < 4.78 is 7.62. The summed E-state index contributed by atoms with van der Waals surface area (Å²) in [6, 6.07) is 9.76. The van der Waals surface area contributed by atoms with Gasteiger partial charge in [0, 0.05) is 38.3 Å². The van der Waals surface area contributed by atoms with E-state index in [2.05, 4.69) is 24.6 Å². The maximum atomic E-state index is 12.8. The normalized spacial score (nSPS) is 16.8. The molecule has 5 rings (SSSR count). The van der Waals surface area contributed by atoms with Crippen molar-refractivity contribution < 1.29 is 9.21 Å². The van der Waals surface area contributed by atoms with Crippen LogP contribution < -0.4 is 4.90 Å². The number of carbonyl (C=O) groups is 1. The number of hydrogen-bond acceptors (Lipinski definition) is 7. The summed E-state index contributed by atoms with van der Waals surface area (Å²) in [7, 11) is 0. The topological polar surface area (TPSA) is 80.3 Å². The molecule has 0 spiro atoms. The number of pyridine rings is 1. The Morgan fingerprint density at radius 1 is 1.10 bits per heavy atom. The standard InChI is InChI=1S/C21H24N6O2S/c28-19(26-11-9-25(10-12-26)18-5-1-2-8-22-18)15-30-21-24-23-20(16-6-7-16)27(21)14-17-4-3-13-29-17/h1-5,8,13,16H,6-7,9-12,14-15H2.